The van der Waals surface area contributed by atoms with E-state index in [0.717, 1.165) is 42.0 Å². The smallest absolute Gasteiger partial charge is 0.231 e. The van der Waals surface area contributed by atoms with Crippen molar-refractivity contribution >= 4 is 22.4 Å². The fourth-order valence-electron chi connectivity index (χ4n) is 3.38. The quantitative estimate of drug-likeness (QED) is 0.890. The van der Waals surface area contributed by atoms with Gasteiger partial charge in [0.1, 0.15) is 0 Å². The third-order valence-corrected chi connectivity index (χ3v) is 5.46. The lowest BCUT2D eigenvalue weighted by atomic mass is 9.95. The number of thiazole rings is 1. The Balaban J connectivity index is 1.48. The molecule has 24 heavy (non-hydrogen) atoms. The van der Waals surface area contributed by atoms with Crippen LogP contribution in [0.15, 0.2) is 23.6 Å². The van der Waals surface area contributed by atoms with Crippen LogP contribution in [0.5, 0.6) is 11.5 Å². The van der Waals surface area contributed by atoms with Gasteiger partial charge in [0.15, 0.2) is 16.6 Å². The van der Waals surface area contributed by atoms with Gasteiger partial charge in [-0.05, 0) is 43.5 Å². The van der Waals surface area contributed by atoms with Gasteiger partial charge in [-0.1, -0.05) is 6.42 Å². The second-order valence-electron chi connectivity index (χ2n) is 6.13. The molecular formula is C17H19N3O3S. The Kier molecular flexibility index (Phi) is 4.12. The van der Waals surface area contributed by atoms with Gasteiger partial charge in [-0.2, -0.15) is 0 Å². The lowest BCUT2D eigenvalue weighted by Crippen LogP contribution is -2.29. The molecule has 1 fully saturated rings. The molecule has 0 radical (unpaired) electrons. The van der Waals surface area contributed by atoms with Crippen LogP contribution in [-0.2, 0) is 4.79 Å². The van der Waals surface area contributed by atoms with Crippen molar-refractivity contribution in [3.63, 3.8) is 0 Å². The number of nitrogens with zero attached hydrogens (tertiary/aromatic N) is 1. The van der Waals surface area contributed by atoms with Gasteiger partial charge in [0.05, 0.1) is 5.69 Å². The third-order valence-electron chi connectivity index (χ3n) is 4.70. The summed E-state index contributed by atoms with van der Waals surface area (Å²) >= 11 is 1.43. The van der Waals surface area contributed by atoms with Gasteiger partial charge in [-0.25, -0.2) is 4.98 Å². The summed E-state index contributed by atoms with van der Waals surface area (Å²) in [5.41, 5.74) is 7.52. The van der Waals surface area contributed by atoms with E-state index in [1.165, 1.54) is 11.3 Å². The fourth-order valence-corrected chi connectivity index (χ4v) is 4.10. The number of carbonyl (C=O) groups excluding carboxylic acids is 1. The van der Waals surface area contributed by atoms with Crippen molar-refractivity contribution in [1.29, 1.82) is 0 Å². The maximum Gasteiger partial charge on any atom is 0.231 e. The van der Waals surface area contributed by atoms with Gasteiger partial charge >= 0.3 is 0 Å². The summed E-state index contributed by atoms with van der Waals surface area (Å²) in [6, 6.07) is 5.72. The SMILES string of the molecule is NC[C@H]1CCC[C@H]1C(=O)Nc1nc(-c2ccc3c(c2)OCO3)cs1. The van der Waals surface area contributed by atoms with E-state index in [1.807, 2.05) is 23.6 Å². The summed E-state index contributed by atoms with van der Waals surface area (Å²) < 4.78 is 10.7. The first-order chi connectivity index (χ1) is 11.7. The molecule has 1 aliphatic carbocycles. The lowest BCUT2D eigenvalue weighted by Gasteiger charge is -2.16. The van der Waals surface area contributed by atoms with E-state index in [0.29, 0.717) is 17.6 Å². The summed E-state index contributed by atoms with van der Waals surface area (Å²) in [6.45, 7) is 0.819. The van der Waals surface area contributed by atoms with Gasteiger partial charge in [0, 0.05) is 16.9 Å². The molecule has 1 aromatic carbocycles. The molecule has 2 atom stereocenters. The Labute approximate surface area is 144 Å². The number of amides is 1. The normalized spacial score (nSPS) is 21.9. The summed E-state index contributed by atoms with van der Waals surface area (Å²) in [5, 5.41) is 5.50. The maximum absolute atomic E-state index is 12.4. The number of anilines is 1. The number of hydrogen-bond donors (Lipinski definition) is 2. The van der Waals surface area contributed by atoms with E-state index in [9.17, 15) is 4.79 Å². The average molecular weight is 345 g/mol. The highest BCUT2D eigenvalue weighted by molar-refractivity contribution is 7.14. The topological polar surface area (TPSA) is 86.5 Å². The molecule has 6 nitrogen and oxygen atoms in total. The summed E-state index contributed by atoms with van der Waals surface area (Å²) in [5.74, 6) is 1.81. The van der Waals surface area contributed by atoms with E-state index in [4.69, 9.17) is 15.2 Å². The van der Waals surface area contributed by atoms with Crippen LogP contribution >= 0.6 is 11.3 Å². The molecule has 7 heteroatoms. The van der Waals surface area contributed by atoms with Crippen LogP contribution in [0.4, 0.5) is 5.13 Å². The van der Waals surface area contributed by atoms with Gasteiger partial charge < -0.3 is 20.5 Å². The molecule has 3 N–H and O–H groups in total. The van der Waals surface area contributed by atoms with Crippen LogP contribution < -0.4 is 20.5 Å². The van der Waals surface area contributed by atoms with E-state index >= 15 is 0 Å². The average Bonchev–Trinajstić information content (AvgIpc) is 3.33. The van der Waals surface area contributed by atoms with Crippen LogP contribution in [0.3, 0.4) is 0 Å². The van der Waals surface area contributed by atoms with Crippen LogP contribution in [0.25, 0.3) is 11.3 Å². The molecule has 126 valence electrons. The molecule has 4 rings (SSSR count). The number of aromatic nitrogens is 1. The number of nitrogens with one attached hydrogen (secondary N) is 1. The van der Waals surface area contributed by atoms with E-state index in [2.05, 4.69) is 10.3 Å². The highest BCUT2D eigenvalue weighted by Gasteiger charge is 2.32. The zero-order chi connectivity index (χ0) is 16.5. The summed E-state index contributed by atoms with van der Waals surface area (Å²) in [6.07, 6.45) is 3.02. The van der Waals surface area contributed by atoms with Crippen molar-refractivity contribution in [3.8, 4) is 22.8 Å². The Morgan fingerprint density at radius 1 is 1.33 bits per heavy atom. The first-order valence-corrected chi connectivity index (χ1v) is 8.99. The second-order valence-corrected chi connectivity index (χ2v) is 6.99. The van der Waals surface area contributed by atoms with Crippen molar-refractivity contribution in [2.75, 3.05) is 18.7 Å². The number of hydrogen-bond acceptors (Lipinski definition) is 6. The van der Waals surface area contributed by atoms with E-state index < -0.39 is 0 Å². The number of rotatable bonds is 4. The van der Waals surface area contributed by atoms with Crippen LogP contribution in [-0.4, -0.2) is 24.2 Å². The number of carbonyl (C=O) groups is 1. The maximum atomic E-state index is 12.4. The van der Waals surface area contributed by atoms with E-state index in [-0.39, 0.29) is 18.6 Å². The fraction of sp³-hybridized carbons (Fsp3) is 0.412. The van der Waals surface area contributed by atoms with Crippen molar-refractivity contribution < 1.29 is 14.3 Å². The molecule has 2 aliphatic rings. The molecule has 0 bridgehead atoms. The van der Waals surface area contributed by atoms with Crippen LogP contribution in [0, 0.1) is 11.8 Å². The van der Waals surface area contributed by atoms with Crippen LogP contribution in [0.2, 0.25) is 0 Å². The van der Waals surface area contributed by atoms with Gasteiger partial charge in [-0.3, -0.25) is 4.79 Å². The molecule has 1 aromatic heterocycles. The van der Waals surface area contributed by atoms with Crippen molar-refractivity contribution in [3.05, 3.63) is 23.6 Å². The number of nitrogens with two attached hydrogens (primary N) is 1. The number of benzene rings is 1. The molecule has 1 aliphatic heterocycles. The highest BCUT2D eigenvalue weighted by atomic mass is 32.1. The minimum absolute atomic E-state index is 0.00731. The van der Waals surface area contributed by atoms with Crippen molar-refractivity contribution in [2.24, 2.45) is 17.6 Å². The molecule has 1 amide bonds. The summed E-state index contributed by atoms with van der Waals surface area (Å²) in [4.78, 5) is 17.0. The Morgan fingerprint density at radius 3 is 3.08 bits per heavy atom. The minimum atomic E-state index is 0.00731. The zero-order valence-corrected chi connectivity index (χ0v) is 14.0. The summed E-state index contributed by atoms with van der Waals surface area (Å²) in [7, 11) is 0. The molecule has 0 spiro atoms. The predicted molar refractivity (Wildman–Crippen MR) is 92.2 cm³/mol. The zero-order valence-electron chi connectivity index (χ0n) is 13.2. The molecule has 1 saturated carbocycles. The van der Waals surface area contributed by atoms with Gasteiger partial charge in [0.2, 0.25) is 12.7 Å². The van der Waals surface area contributed by atoms with Crippen LogP contribution in [0.1, 0.15) is 19.3 Å². The second kappa shape index (κ2) is 6.41. The predicted octanol–water partition coefficient (Wildman–Crippen LogP) is 2.85. The Bertz CT molecular complexity index is 761. The molecular weight excluding hydrogens is 326 g/mol. The highest BCUT2D eigenvalue weighted by Crippen LogP contribution is 2.37. The molecule has 0 unspecified atom stereocenters. The third kappa shape index (κ3) is 2.85. The number of fused-ring (bicyclic) bond motifs is 1. The van der Waals surface area contributed by atoms with Gasteiger partial charge in [0.25, 0.3) is 0 Å². The lowest BCUT2D eigenvalue weighted by molar-refractivity contribution is -0.120. The molecule has 2 heterocycles. The Morgan fingerprint density at radius 2 is 2.21 bits per heavy atom. The minimum Gasteiger partial charge on any atom is -0.454 e. The van der Waals surface area contributed by atoms with Crippen molar-refractivity contribution in [1.82, 2.24) is 4.98 Å². The van der Waals surface area contributed by atoms with E-state index in [1.54, 1.807) is 0 Å². The molecule has 2 aromatic rings. The molecule has 0 saturated heterocycles. The first-order valence-electron chi connectivity index (χ1n) is 8.11. The van der Waals surface area contributed by atoms with Crippen molar-refractivity contribution in [2.45, 2.75) is 19.3 Å². The Hall–Kier alpha value is -2.12. The standard InChI is InChI=1S/C17H19N3O3S/c18-7-11-2-1-3-12(11)16(21)20-17-19-13(8-24-17)10-4-5-14-15(6-10)23-9-22-14/h4-6,8,11-12H,1-3,7,9,18H2,(H,19,20,21)/t11-,12-/m1/s1. The van der Waals surface area contributed by atoms with Gasteiger partial charge in [-0.15, -0.1) is 11.3 Å². The first kappa shape index (κ1) is 15.4. The largest absolute Gasteiger partial charge is 0.454 e. The monoisotopic (exact) mass is 345 g/mol. The number of ether oxygens (including phenoxy) is 2.